The smallest absolute Gasteiger partial charge is 0.233 e. The van der Waals surface area contributed by atoms with E-state index in [1.165, 1.54) is 5.56 Å². The van der Waals surface area contributed by atoms with Gasteiger partial charge < -0.3 is 10.6 Å². The van der Waals surface area contributed by atoms with Crippen molar-refractivity contribution in [3.8, 4) is 6.07 Å². The summed E-state index contributed by atoms with van der Waals surface area (Å²) < 4.78 is 0. The maximum absolute atomic E-state index is 11.2. The summed E-state index contributed by atoms with van der Waals surface area (Å²) in [6, 6.07) is 12.1. The van der Waals surface area contributed by atoms with Crippen LogP contribution in [-0.2, 0) is 11.2 Å². The van der Waals surface area contributed by atoms with Crippen molar-refractivity contribution in [1.82, 2.24) is 10.6 Å². The molecule has 0 saturated heterocycles. The van der Waals surface area contributed by atoms with Crippen LogP contribution < -0.4 is 10.6 Å². The van der Waals surface area contributed by atoms with Crippen molar-refractivity contribution < 1.29 is 4.79 Å². The SMILES string of the molecule is N#CCCNC(=O)CNCCc1ccccc1. The average Bonchev–Trinajstić information content (AvgIpc) is 2.36. The Bertz CT molecular complexity index is 370. The molecule has 4 heteroatoms. The second kappa shape index (κ2) is 8.31. The minimum Gasteiger partial charge on any atom is -0.354 e. The van der Waals surface area contributed by atoms with Gasteiger partial charge in [0.1, 0.15) is 0 Å². The molecule has 0 atom stereocenters. The second-order valence-corrected chi connectivity index (χ2v) is 3.67. The lowest BCUT2D eigenvalue weighted by Gasteiger charge is -2.05. The first-order valence-corrected chi connectivity index (χ1v) is 5.71. The van der Waals surface area contributed by atoms with Gasteiger partial charge in [0.15, 0.2) is 0 Å². The predicted octanol–water partition coefficient (Wildman–Crippen LogP) is 0.849. The van der Waals surface area contributed by atoms with Crippen molar-refractivity contribution in [3.63, 3.8) is 0 Å². The van der Waals surface area contributed by atoms with Crippen molar-refractivity contribution in [2.75, 3.05) is 19.6 Å². The third-order valence-electron chi connectivity index (χ3n) is 2.28. The van der Waals surface area contributed by atoms with Gasteiger partial charge >= 0.3 is 0 Å². The van der Waals surface area contributed by atoms with Crippen molar-refractivity contribution in [2.24, 2.45) is 0 Å². The van der Waals surface area contributed by atoms with Crippen LogP contribution in [0.2, 0.25) is 0 Å². The van der Waals surface area contributed by atoms with Gasteiger partial charge in [0, 0.05) is 6.54 Å². The number of benzene rings is 1. The maximum Gasteiger partial charge on any atom is 0.233 e. The van der Waals surface area contributed by atoms with Gasteiger partial charge in [-0.2, -0.15) is 5.26 Å². The summed E-state index contributed by atoms with van der Waals surface area (Å²) in [6.07, 6.45) is 1.27. The molecule has 0 radical (unpaired) electrons. The van der Waals surface area contributed by atoms with Crippen molar-refractivity contribution >= 4 is 5.91 Å². The lowest BCUT2D eigenvalue weighted by molar-refractivity contribution is -0.120. The van der Waals surface area contributed by atoms with Gasteiger partial charge in [-0.1, -0.05) is 30.3 Å². The van der Waals surface area contributed by atoms with E-state index < -0.39 is 0 Å². The molecular formula is C13H17N3O. The summed E-state index contributed by atoms with van der Waals surface area (Å²) in [5.41, 5.74) is 1.25. The van der Waals surface area contributed by atoms with Gasteiger partial charge in [0.05, 0.1) is 19.0 Å². The molecule has 1 aromatic carbocycles. The van der Waals surface area contributed by atoms with E-state index in [0.29, 0.717) is 19.5 Å². The Morgan fingerprint density at radius 3 is 2.71 bits per heavy atom. The summed E-state index contributed by atoms with van der Waals surface area (Å²) in [5, 5.41) is 14.0. The fourth-order valence-electron chi connectivity index (χ4n) is 1.40. The van der Waals surface area contributed by atoms with E-state index in [1.54, 1.807) is 0 Å². The van der Waals surface area contributed by atoms with Crippen LogP contribution in [0.3, 0.4) is 0 Å². The molecule has 0 bridgehead atoms. The zero-order chi connectivity index (χ0) is 12.3. The highest BCUT2D eigenvalue weighted by Crippen LogP contribution is 1.97. The molecule has 0 aliphatic heterocycles. The monoisotopic (exact) mass is 231 g/mol. The Kier molecular flexibility index (Phi) is 6.46. The number of nitrogens with one attached hydrogen (secondary N) is 2. The molecule has 0 aliphatic carbocycles. The van der Waals surface area contributed by atoms with E-state index in [0.717, 1.165) is 13.0 Å². The number of carbonyl (C=O) groups is 1. The molecule has 0 aliphatic rings. The zero-order valence-corrected chi connectivity index (χ0v) is 9.78. The van der Waals surface area contributed by atoms with E-state index in [1.807, 2.05) is 24.3 Å². The minimum absolute atomic E-state index is 0.0617. The standard InChI is InChI=1S/C13H17N3O/c14-8-4-9-16-13(17)11-15-10-7-12-5-2-1-3-6-12/h1-3,5-6,15H,4,7,9-11H2,(H,16,17). The highest BCUT2D eigenvalue weighted by atomic mass is 16.1. The second-order valence-electron chi connectivity index (χ2n) is 3.67. The highest BCUT2D eigenvalue weighted by molar-refractivity contribution is 5.77. The topological polar surface area (TPSA) is 64.9 Å². The number of rotatable bonds is 7. The molecule has 2 N–H and O–H groups in total. The van der Waals surface area contributed by atoms with E-state index >= 15 is 0 Å². The first-order valence-electron chi connectivity index (χ1n) is 5.71. The molecule has 0 saturated carbocycles. The lowest BCUT2D eigenvalue weighted by atomic mass is 10.1. The van der Waals surface area contributed by atoms with Crippen LogP contribution in [0.25, 0.3) is 0 Å². The number of carbonyl (C=O) groups excluding carboxylic acids is 1. The summed E-state index contributed by atoms with van der Waals surface area (Å²) in [5.74, 6) is -0.0617. The van der Waals surface area contributed by atoms with Crippen LogP contribution in [0.15, 0.2) is 30.3 Å². The largest absolute Gasteiger partial charge is 0.354 e. The van der Waals surface area contributed by atoms with Crippen LogP contribution in [0.5, 0.6) is 0 Å². The third kappa shape index (κ3) is 6.33. The van der Waals surface area contributed by atoms with Gasteiger partial charge in [0.2, 0.25) is 5.91 Å². The Balaban J connectivity index is 2.04. The summed E-state index contributed by atoms with van der Waals surface area (Å²) >= 11 is 0. The van der Waals surface area contributed by atoms with E-state index in [-0.39, 0.29) is 5.91 Å². The number of hydrogen-bond donors (Lipinski definition) is 2. The van der Waals surface area contributed by atoms with Crippen LogP contribution in [0.4, 0.5) is 0 Å². The summed E-state index contributed by atoms with van der Waals surface area (Å²) in [4.78, 5) is 11.2. The van der Waals surface area contributed by atoms with E-state index in [9.17, 15) is 4.79 Å². The molecule has 0 fully saturated rings. The van der Waals surface area contributed by atoms with Crippen LogP contribution in [0.1, 0.15) is 12.0 Å². The molecule has 1 aromatic rings. The Labute approximate surface area is 102 Å². The van der Waals surface area contributed by atoms with Gasteiger partial charge in [-0.05, 0) is 18.5 Å². The van der Waals surface area contributed by atoms with Gasteiger partial charge in [-0.25, -0.2) is 0 Å². The zero-order valence-electron chi connectivity index (χ0n) is 9.78. The number of hydrogen-bond acceptors (Lipinski definition) is 3. The van der Waals surface area contributed by atoms with Gasteiger partial charge in [-0.3, -0.25) is 4.79 Å². The molecule has 4 nitrogen and oxygen atoms in total. The number of nitrogens with zero attached hydrogens (tertiary/aromatic N) is 1. The molecule has 0 aromatic heterocycles. The molecule has 1 rings (SSSR count). The molecular weight excluding hydrogens is 214 g/mol. The quantitative estimate of drug-likeness (QED) is 0.684. The highest BCUT2D eigenvalue weighted by Gasteiger charge is 1.99. The van der Waals surface area contributed by atoms with Gasteiger partial charge in [-0.15, -0.1) is 0 Å². The van der Waals surface area contributed by atoms with E-state index in [2.05, 4.69) is 22.8 Å². The Hall–Kier alpha value is -1.86. The summed E-state index contributed by atoms with van der Waals surface area (Å²) in [6.45, 7) is 1.50. The Morgan fingerprint density at radius 1 is 1.24 bits per heavy atom. The molecule has 0 unspecified atom stereocenters. The normalized spacial score (nSPS) is 9.59. The Morgan fingerprint density at radius 2 is 2.00 bits per heavy atom. The molecule has 1 amide bonds. The number of amides is 1. The number of nitriles is 1. The van der Waals surface area contributed by atoms with E-state index in [4.69, 9.17) is 5.26 Å². The third-order valence-corrected chi connectivity index (χ3v) is 2.28. The average molecular weight is 231 g/mol. The molecule has 17 heavy (non-hydrogen) atoms. The minimum atomic E-state index is -0.0617. The van der Waals surface area contributed by atoms with Crippen molar-refractivity contribution in [1.29, 1.82) is 5.26 Å². The van der Waals surface area contributed by atoms with Crippen LogP contribution >= 0.6 is 0 Å². The van der Waals surface area contributed by atoms with Crippen molar-refractivity contribution in [3.05, 3.63) is 35.9 Å². The fourth-order valence-corrected chi connectivity index (χ4v) is 1.40. The first kappa shape index (κ1) is 13.2. The van der Waals surface area contributed by atoms with Gasteiger partial charge in [0.25, 0.3) is 0 Å². The summed E-state index contributed by atoms with van der Waals surface area (Å²) in [7, 11) is 0. The molecule has 90 valence electrons. The van der Waals surface area contributed by atoms with Crippen molar-refractivity contribution in [2.45, 2.75) is 12.8 Å². The maximum atomic E-state index is 11.2. The predicted molar refractivity (Wildman–Crippen MR) is 66.3 cm³/mol. The van der Waals surface area contributed by atoms with Crippen LogP contribution in [-0.4, -0.2) is 25.5 Å². The molecule has 0 heterocycles. The fraction of sp³-hybridized carbons (Fsp3) is 0.385. The van der Waals surface area contributed by atoms with Crippen LogP contribution in [0, 0.1) is 11.3 Å². The lowest BCUT2D eigenvalue weighted by Crippen LogP contribution is -2.35. The molecule has 0 spiro atoms. The first-order chi connectivity index (χ1) is 8.33.